The van der Waals surface area contributed by atoms with E-state index in [4.69, 9.17) is 10.5 Å². The molecule has 1 heterocycles. The molecule has 2 amide bonds. The van der Waals surface area contributed by atoms with Crippen molar-refractivity contribution in [3.63, 3.8) is 0 Å². The van der Waals surface area contributed by atoms with Crippen LogP contribution in [0.2, 0.25) is 0 Å². The smallest absolute Gasteiger partial charge is 0.370 e. The Labute approximate surface area is 185 Å². The second-order valence-electron chi connectivity index (χ2n) is 8.68. The summed E-state index contributed by atoms with van der Waals surface area (Å²) in [6, 6.07) is 3.39. The van der Waals surface area contributed by atoms with Crippen LogP contribution in [-0.4, -0.2) is 61.1 Å². The quantitative estimate of drug-likeness (QED) is 0.662. The summed E-state index contributed by atoms with van der Waals surface area (Å²) in [5.74, 6) is -0.923. The van der Waals surface area contributed by atoms with Crippen LogP contribution >= 0.6 is 0 Å². The first-order chi connectivity index (χ1) is 15.3. The number of nitrogens with two attached hydrogens (primary N) is 1. The first kappa shape index (κ1) is 23.0. The van der Waals surface area contributed by atoms with Gasteiger partial charge in [0.05, 0.1) is 17.9 Å². The van der Waals surface area contributed by atoms with E-state index in [-0.39, 0.29) is 49.8 Å². The molecule has 0 unspecified atom stereocenters. The molecule has 1 atom stereocenters. The average Bonchev–Trinajstić information content (AvgIpc) is 2.66. The van der Waals surface area contributed by atoms with E-state index in [1.54, 1.807) is 0 Å². The standard InChI is InChI=1S/C22H29F3N4O3/c23-22(24,25)17-11-16(28-9-10-32-13-20(28)30)7-8-18(17)27-21(31)19(12-26)29(14-3-1-4-14)15-5-2-6-15/h7-8,11,14-15,19H,1-6,9-10,12-13,26H2,(H,27,31)/t19-/m0/s1. The third-order valence-electron chi connectivity index (χ3n) is 6.74. The van der Waals surface area contributed by atoms with E-state index < -0.39 is 29.6 Å². The predicted molar refractivity (Wildman–Crippen MR) is 113 cm³/mol. The van der Waals surface area contributed by atoms with Gasteiger partial charge in [-0.25, -0.2) is 0 Å². The van der Waals surface area contributed by atoms with Crippen LogP contribution in [0.15, 0.2) is 18.2 Å². The number of amides is 2. The number of halogens is 3. The molecule has 0 spiro atoms. The summed E-state index contributed by atoms with van der Waals surface area (Å²) in [4.78, 5) is 28.6. The molecule has 3 N–H and O–H groups in total. The molecule has 2 aliphatic carbocycles. The van der Waals surface area contributed by atoms with Crippen molar-refractivity contribution < 1.29 is 27.5 Å². The number of rotatable bonds is 7. The van der Waals surface area contributed by atoms with Gasteiger partial charge in [0, 0.05) is 30.9 Å². The number of hydrogen-bond acceptors (Lipinski definition) is 5. The van der Waals surface area contributed by atoms with Crippen molar-refractivity contribution >= 4 is 23.2 Å². The van der Waals surface area contributed by atoms with Crippen LogP contribution in [0, 0.1) is 0 Å². The van der Waals surface area contributed by atoms with Gasteiger partial charge in [0.15, 0.2) is 0 Å². The fourth-order valence-electron chi connectivity index (χ4n) is 4.59. The second kappa shape index (κ2) is 9.36. The number of morpholine rings is 1. The summed E-state index contributed by atoms with van der Waals surface area (Å²) in [5.41, 5.74) is 4.76. The van der Waals surface area contributed by atoms with E-state index in [2.05, 4.69) is 10.2 Å². The summed E-state index contributed by atoms with van der Waals surface area (Å²) in [7, 11) is 0. The van der Waals surface area contributed by atoms with Gasteiger partial charge in [-0.1, -0.05) is 12.8 Å². The van der Waals surface area contributed by atoms with Crippen molar-refractivity contribution in [3.8, 4) is 0 Å². The maximum absolute atomic E-state index is 13.9. The highest BCUT2D eigenvalue weighted by Crippen LogP contribution is 2.39. The molecule has 1 aliphatic heterocycles. The largest absolute Gasteiger partial charge is 0.418 e. The fourth-order valence-corrected chi connectivity index (χ4v) is 4.59. The van der Waals surface area contributed by atoms with Crippen LogP contribution in [0.1, 0.15) is 44.1 Å². The molecule has 2 saturated carbocycles. The Morgan fingerprint density at radius 2 is 1.88 bits per heavy atom. The number of nitrogens with one attached hydrogen (secondary N) is 1. The molecule has 0 bridgehead atoms. The Hall–Kier alpha value is -2.17. The summed E-state index contributed by atoms with van der Waals surface area (Å²) in [6.07, 6.45) is 1.41. The van der Waals surface area contributed by atoms with Gasteiger partial charge in [0.1, 0.15) is 12.6 Å². The maximum Gasteiger partial charge on any atom is 0.418 e. The second-order valence-corrected chi connectivity index (χ2v) is 8.68. The highest BCUT2D eigenvalue weighted by molar-refractivity contribution is 5.98. The number of alkyl halides is 3. The third kappa shape index (κ3) is 4.62. The number of ether oxygens (including phenoxy) is 1. The molecule has 0 radical (unpaired) electrons. The Morgan fingerprint density at radius 3 is 2.38 bits per heavy atom. The van der Waals surface area contributed by atoms with Gasteiger partial charge in [-0.3, -0.25) is 14.5 Å². The zero-order valence-corrected chi connectivity index (χ0v) is 17.9. The molecule has 0 aromatic heterocycles. The van der Waals surface area contributed by atoms with Crippen molar-refractivity contribution in [2.24, 2.45) is 5.73 Å². The molecule has 32 heavy (non-hydrogen) atoms. The van der Waals surface area contributed by atoms with Crippen molar-refractivity contribution in [2.75, 3.05) is 36.5 Å². The Morgan fingerprint density at radius 1 is 1.22 bits per heavy atom. The van der Waals surface area contributed by atoms with Gasteiger partial charge in [0.25, 0.3) is 5.91 Å². The monoisotopic (exact) mass is 454 g/mol. The molecular formula is C22H29F3N4O3. The SMILES string of the molecule is NC[C@@H](C(=O)Nc1ccc(N2CCOCC2=O)cc1C(F)(F)F)N(C1CCC1)C1CCC1. The van der Waals surface area contributed by atoms with Crippen LogP contribution in [0.25, 0.3) is 0 Å². The average molecular weight is 454 g/mol. The minimum Gasteiger partial charge on any atom is -0.370 e. The van der Waals surface area contributed by atoms with Gasteiger partial charge in [-0.2, -0.15) is 13.2 Å². The minimum absolute atomic E-state index is 0.0422. The van der Waals surface area contributed by atoms with E-state index in [9.17, 15) is 22.8 Å². The van der Waals surface area contributed by atoms with Gasteiger partial charge in [-0.05, 0) is 43.9 Å². The van der Waals surface area contributed by atoms with Crippen LogP contribution in [0.4, 0.5) is 24.5 Å². The lowest BCUT2D eigenvalue weighted by Crippen LogP contribution is -2.60. The highest BCUT2D eigenvalue weighted by Gasteiger charge is 2.41. The van der Waals surface area contributed by atoms with E-state index in [0.29, 0.717) is 0 Å². The van der Waals surface area contributed by atoms with Gasteiger partial charge in [0.2, 0.25) is 5.91 Å². The van der Waals surface area contributed by atoms with Crippen LogP contribution in [-0.2, 0) is 20.5 Å². The lowest BCUT2D eigenvalue weighted by atomic mass is 9.83. The molecule has 1 aromatic rings. The van der Waals surface area contributed by atoms with Crippen molar-refractivity contribution in [3.05, 3.63) is 23.8 Å². The summed E-state index contributed by atoms with van der Waals surface area (Å²) in [5, 5.41) is 2.49. The van der Waals surface area contributed by atoms with Crippen molar-refractivity contribution in [2.45, 2.75) is 62.8 Å². The first-order valence-electron chi connectivity index (χ1n) is 11.2. The van der Waals surface area contributed by atoms with E-state index >= 15 is 0 Å². The number of hydrogen-bond donors (Lipinski definition) is 2. The maximum atomic E-state index is 13.9. The molecule has 10 heteroatoms. The number of carbonyl (C=O) groups excluding carboxylic acids is 2. The normalized spacial score (nSPS) is 21.3. The van der Waals surface area contributed by atoms with Gasteiger partial charge in [-0.15, -0.1) is 0 Å². The highest BCUT2D eigenvalue weighted by atomic mass is 19.4. The zero-order chi connectivity index (χ0) is 22.9. The third-order valence-corrected chi connectivity index (χ3v) is 6.74. The van der Waals surface area contributed by atoms with E-state index in [0.717, 1.165) is 44.6 Å². The summed E-state index contributed by atoms with van der Waals surface area (Å²) < 4.78 is 46.6. The Kier molecular flexibility index (Phi) is 6.73. The Bertz CT molecular complexity index is 841. The molecule has 7 nitrogen and oxygen atoms in total. The van der Waals surface area contributed by atoms with Crippen LogP contribution < -0.4 is 16.0 Å². The molecule has 176 valence electrons. The summed E-state index contributed by atoms with van der Waals surface area (Å²) in [6.45, 7) is 0.299. The number of carbonyl (C=O) groups is 2. The lowest BCUT2D eigenvalue weighted by molar-refractivity contribution is -0.137. The van der Waals surface area contributed by atoms with Crippen molar-refractivity contribution in [1.82, 2.24) is 4.90 Å². The van der Waals surface area contributed by atoms with Gasteiger partial charge >= 0.3 is 6.18 Å². The van der Waals surface area contributed by atoms with E-state index in [1.807, 2.05) is 0 Å². The number of benzene rings is 1. The molecule has 3 aliphatic rings. The zero-order valence-electron chi connectivity index (χ0n) is 17.9. The number of anilines is 2. The predicted octanol–water partition coefficient (Wildman–Crippen LogP) is 2.74. The van der Waals surface area contributed by atoms with Gasteiger partial charge < -0.3 is 20.7 Å². The molecule has 1 saturated heterocycles. The van der Waals surface area contributed by atoms with Crippen molar-refractivity contribution in [1.29, 1.82) is 0 Å². The topological polar surface area (TPSA) is 87.9 Å². The lowest BCUT2D eigenvalue weighted by Gasteiger charge is -2.49. The van der Waals surface area contributed by atoms with Crippen LogP contribution in [0.5, 0.6) is 0 Å². The molecule has 4 rings (SSSR count). The fraction of sp³-hybridized carbons (Fsp3) is 0.636. The molecule has 3 fully saturated rings. The Balaban J connectivity index is 1.57. The van der Waals surface area contributed by atoms with E-state index in [1.165, 1.54) is 17.0 Å². The molecular weight excluding hydrogens is 425 g/mol. The minimum atomic E-state index is -4.70. The molecule has 1 aromatic carbocycles. The summed E-state index contributed by atoms with van der Waals surface area (Å²) >= 11 is 0. The number of nitrogens with zero attached hydrogens (tertiary/aromatic N) is 2. The van der Waals surface area contributed by atoms with Crippen LogP contribution in [0.3, 0.4) is 0 Å². The first-order valence-corrected chi connectivity index (χ1v) is 11.2.